The van der Waals surface area contributed by atoms with Crippen molar-refractivity contribution in [3.8, 4) is 0 Å². The fourth-order valence-electron chi connectivity index (χ4n) is 2.04. The zero-order valence-corrected chi connectivity index (χ0v) is 11.8. The van der Waals surface area contributed by atoms with Gasteiger partial charge in [0.2, 0.25) is 0 Å². The van der Waals surface area contributed by atoms with Crippen molar-refractivity contribution in [1.82, 2.24) is 8.61 Å². The average molecular weight is 264 g/mol. The summed E-state index contributed by atoms with van der Waals surface area (Å²) < 4.78 is 27.3. The Labute approximate surface area is 105 Å². The monoisotopic (exact) mass is 264 g/mol. The molecule has 1 rings (SSSR count). The van der Waals surface area contributed by atoms with Crippen LogP contribution >= 0.6 is 0 Å². The molecule has 0 aromatic rings. The van der Waals surface area contributed by atoms with Crippen molar-refractivity contribution in [2.75, 3.05) is 26.7 Å². The average Bonchev–Trinajstić information content (AvgIpc) is 2.25. The van der Waals surface area contributed by atoms with Crippen LogP contribution in [0.3, 0.4) is 0 Å². The molecule has 0 spiro atoms. The van der Waals surface area contributed by atoms with Crippen molar-refractivity contribution in [3.63, 3.8) is 0 Å². The van der Waals surface area contributed by atoms with Gasteiger partial charge in [0.1, 0.15) is 0 Å². The Morgan fingerprint density at radius 1 is 1.53 bits per heavy atom. The van der Waals surface area contributed by atoms with Crippen LogP contribution in [0.2, 0.25) is 0 Å². The predicted molar refractivity (Wildman–Crippen MR) is 67.8 cm³/mol. The zero-order valence-electron chi connectivity index (χ0n) is 11.0. The van der Waals surface area contributed by atoms with Crippen molar-refractivity contribution >= 4 is 10.2 Å². The van der Waals surface area contributed by atoms with Crippen LogP contribution in [0.4, 0.5) is 0 Å². The van der Waals surface area contributed by atoms with E-state index >= 15 is 0 Å². The van der Waals surface area contributed by atoms with Crippen molar-refractivity contribution in [2.24, 2.45) is 5.92 Å². The van der Waals surface area contributed by atoms with Crippen molar-refractivity contribution in [1.29, 1.82) is 0 Å². The third-order valence-electron chi connectivity index (χ3n) is 3.20. The Bertz CT molecular complexity index is 330. The minimum absolute atomic E-state index is 0.366. The van der Waals surface area contributed by atoms with Crippen molar-refractivity contribution in [2.45, 2.75) is 39.2 Å². The van der Waals surface area contributed by atoms with Gasteiger partial charge >= 0.3 is 0 Å². The van der Waals surface area contributed by atoms with E-state index in [9.17, 15) is 13.5 Å². The van der Waals surface area contributed by atoms with E-state index < -0.39 is 16.3 Å². The topological polar surface area (TPSA) is 60.9 Å². The van der Waals surface area contributed by atoms with Crippen LogP contribution in [-0.4, -0.2) is 54.9 Å². The SMILES string of the molecule is CC(O)CCN(C)S(=O)(=O)N1CCCC(C)C1. The molecule has 1 fully saturated rings. The van der Waals surface area contributed by atoms with Crippen LogP contribution in [0.25, 0.3) is 0 Å². The third-order valence-corrected chi connectivity index (χ3v) is 5.16. The molecule has 1 saturated heterocycles. The Balaban J connectivity index is 2.59. The van der Waals surface area contributed by atoms with Gasteiger partial charge < -0.3 is 5.11 Å². The third kappa shape index (κ3) is 4.21. The van der Waals surface area contributed by atoms with Gasteiger partial charge in [-0.1, -0.05) is 6.92 Å². The maximum Gasteiger partial charge on any atom is 0.281 e. The summed E-state index contributed by atoms with van der Waals surface area (Å²) >= 11 is 0. The summed E-state index contributed by atoms with van der Waals surface area (Å²) in [6, 6.07) is 0. The maximum absolute atomic E-state index is 12.2. The highest BCUT2D eigenvalue weighted by atomic mass is 32.2. The first-order chi connectivity index (χ1) is 7.84. The molecule has 5 nitrogen and oxygen atoms in total. The lowest BCUT2D eigenvalue weighted by atomic mass is 10.0. The number of aliphatic hydroxyl groups excluding tert-OH is 1. The van der Waals surface area contributed by atoms with Gasteiger partial charge in [-0.2, -0.15) is 17.0 Å². The minimum atomic E-state index is -3.34. The summed E-state index contributed by atoms with van der Waals surface area (Å²) in [5, 5.41) is 9.18. The molecule has 0 aromatic heterocycles. The first kappa shape index (κ1) is 14.9. The summed E-state index contributed by atoms with van der Waals surface area (Å²) in [5.41, 5.74) is 0. The van der Waals surface area contributed by atoms with Crippen molar-refractivity contribution < 1.29 is 13.5 Å². The zero-order chi connectivity index (χ0) is 13.1. The number of hydrogen-bond acceptors (Lipinski definition) is 3. The standard InChI is InChI=1S/C11H24N2O3S/c1-10-5-4-7-13(9-10)17(15,16)12(3)8-6-11(2)14/h10-11,14H,4-9H2,1-3H3. The maximum atomic E-state index is 12.2. The fraction of sp³-hybridized carbons (Fsp3) is 1.00. The van der Waals surface area contributed by atoms with Crippen LogP contribution in [0.5, 0.6) is 0 Å². The molecule has 1 aliphatic heterocycles. The Morgan fingerprint density at radius 2 is 2.18 bits per heavy atom. The highest BCUT2D eigenvalue weighted by Gasteiger charge is 2.30. The van der Waals surface area contributed by atoms with Gasteiger partial charge in [0.15, 0.2) is 0 Å². The van der Waals surface area contributed by atoms with Gasteiger partial charge in [0.25, 0.3) is 10.2 Å². The molecule has 17 heavy (non-hydrogen) atoms. The Morgan fingerprint density at radius 3 is 2.71 bits per heavy atom. The van der Waals surface area contributed by atoms with Crippen LogP contribution in [0, 0.1) is 5.92 Å². The quantitative estimate of drug-likeness (QED) is 0.794. The summed E-state index contributed by atoms with van der Waals surface area (Å²) in [4.78, 5) is 0. The highest BCUT2D eigenvalue weighted by Crippen LogP contribution is 2.20. The predicted octanol–water partition coefficient (Wildman–Crippen LogP) is 0.666. The van der Waals surface area contributed by atoms with Crippen LogP contribution in [0.15, 0.2) is 0 Å². The van der Waals surface area contributed by atoms with E-state index in [0.717, 1.165) is 12.8 Å². The normalized spacial score (nSPS) is 25.1. The molecule has 1 N–H and O–H groups in total. The molecular formula is C11H24N2O3S. The lowest BCUT2D eigenvalue weighted by molar-refractivity contribution is 0.175. The second-order valence-electron chi connectivity index (χ2n) is 5.07. The minimum Gasteiger partial charge on any atom is -0.393 e. The van der Waals surface area contributed by atoms with Gasteiger partial charge in [0, 0.05) is 26.7 Å². The molecule has 0 radical (unpaired) electrons. The summed E-state index contributed by atoms with van der Waals surface area (Å²) in [5.74, 6) is 0.434. The molecular weight excluding hydrogens is 240 g/mol. The second kappa shape index (κ2) is 6.13. The molecule has 0 aliphatic carbocycles. The number of rotatable bonds is 5. The summed E-state index contributed by atoms with van der Waals surface area (Å²) in [6.07, 6.45) is 2.04. The number of aliphatic hydroxyl groups is 1. The molecule has 0 saturated carbocycles. The summed E-state index contributed by atoms with van der Waals surface area (Å²) in [7, 11) is -1.75. The van der Waals surface area contributed by atoms with Crippen molar-refractivity contribution in [3.05, 3.63) is 0 Å². The van der Waals surface area contributed by atoms with Gasteiger partial charge in [-0.3, -0.25) is 0 Å². The van der Waals surface area contributed by atoms with E-state index in [1.54, 1.807) is 18.3 Å². The molecule has 2 unspecified atom stereocenters. The van der Waals surface area contributed by atoms with Gasteiger partial charge in [-0.25, -0.2) is 0 Å². The smallest absolute Gasteiger partial charge is 0.281 e. The molecule has 102 valence electrons. The van der Waals surface area contributed by atoms with Gasteiger partial charge in [0.05, 0.1) is 6.10 Å². The number of hydrogen-bond donors (Lipinski definition) is 1. The molecule has 6 heteroatoms. The van der Waals surface area contributed by atoms with E-state index in [0.29, 0.717) is 32.0 Å². The highest BCUT2D eigenvalue weighted by molar-refractivity contribution is 7.86. The van der Waals surface area contributed by atoms with Gasteiger partial charge in [-0.05, 0) is 32.1 Å². The van der Waals surface area contributed by atoms with Gasteiger partial charge in [-0.15, -0.1) is 0 Å². The van der Waals surface area contributed by atoms with E-state index in [1.807, 2.05) is 0 Å². The molecule has 1 aliphatic rings. The first-order valence-corrected chi connectivity index (χ1v) is 7.63. The lowest BCUT2D eigenvalue weighted by Crippen LogP contribution is -2.46. The first-order valence-electron chi connectivity index (χ1n) is 6.23. The van der Waals surface area contributed by atoms with Crippen LogP contribution in [0.1, 0.15) is 33.1 Å². The van der Waals surface area contributed by atoms with E-state index in [-0.39, 0.29) is 0 Å². The number of piperidine rings is 1. The fourth-order valence-corrected chi connectivity index (χ4v) is 3.57. The molecule has 0 bridgehead atoms. The van der Waals surface area contributed by atoms with E-state index in [2.05, 4.69) is 6.92 Å². The Kier molecular flexibility index (Phi) is 5.37. The van der Waals surface area contributed by atoms with Crippen LogP contribution in [-0.2, 0) is 10.2 Å². The molecule has 1 heterocycles. The van der Waals surface area contributed by atoms with E-state index in [1.165, 1.54) is 4.31 Å². The van der Waals surface area contributed by atoms with E-state index in [4.69, 9.17) is 0 Å². The van der Waals surface area contributed by atoms with Crippen LogP contribution < -0.4 is 0 Å². The Hall–Kier alpha value is -0.170. The number of nitrogens with zero attached hydrogens (tertiary/aromatic N) is 2. The lowest BCUT2D eigenvalue weighted by Gasteiger charge is -2.33. The summed E-state index contributed by atoms with van der Waals surface area (Å²) in [6.45, 7) is 5.35. The second-order valence-corrected chi connectivity index (χ2v) is 7.11. The molecule has 2 atom stereocenters. The molecule has 0 aromatic carbocycles. The molecule has 0 amide bonds. The largest absolute Gasteiger partial charge is 0.393 e.